The number of carbonyl (C=O) groups excluding carboxylic acids is 1. The van der Waals surface area contributed by atoms with E-state index in [-0.39, 0.29) is 11.7 Å². The van der Waals surface area contributed by atoms with E-state index in [4.69, 9.17) is 4.74 Å². The van der Waals surface area contributed by atoms with E-state index < -0.39 is 0 Å². The summed E-state index contributed by atoms with van der Waals surface area (Å²) in [6.07, 6.45) is 1.48. The van der Waals surface area contributed by atoms with Crippen LogP contribution in [0.25, 0.3) is 0 Å². The quantitative estimate of drug-likeness (QED) is 0.283. The summed E-state index contributed by atoms with van der Waals surface area (Å²) in [5.74, 6) is 0.950. The molecule has 0 aliphatic rings. The van der Waals surface area contributed by atoms with Gasteiger partial charge in [0.1, 0.15) is 17.2 Å². The maximum absolute atomic E-state index is 12.3. The van der Waals surface area contributed by atoms with Crippen molar-refractivity contribution in [2.24, 2.45) is 5.10 Å². The number of benzene rings is 3. The van der Waals surface area contributed by atoms with Gasteiger partial charge in [0.25, 0.3) is 5.91 Å². The van der Waals surface area contributed by atoms with Crippen LogP contribution < -0.4 is 10.2 Å². The molecule has 0 atom stereocenters. The average molecular weight is 569 g/mol. The fourth-order valence-corrected chi connectivity index (χ4v) is 3.72. The Bertz CT molecular complexity index is 1010. The summed E-state index contributed by atoms with van der Waals surface area (Å²) in [6.45, 7) is 0. The summed E-state index contributed by atoms with van der Waals surface area (Å²) in [7, 11) is 0. The number of phenols is 1. The smallest absolute Gasteiger partial charge is 0.271 e. The molecule has 0 unspecified atom stereocenters. The summed E-state index contributed by atoms with van der Waals surface area (Å²) in [5, 5.41) is 13.7. The predicted molar refractivity (Wildman–Crippen MR) is 119 cm³/mol. The van der Waals surface area contributed by atoms with E-state index in [0.717, 1.165) is 4.47 Å². The third-order valence-electron chi connectivity index (χ3n) is 3.56. The zero-order valence-corrected chi connectivity index (χ0v) is 19.0. The van der Waals surface area contributed by atoms with Crippen LogP contribution in [0.3, 0.4) is 0 Å². The largest absolute Gasteiger partial charge is 0.506 e. The van der Waals surface area contributed by atoms with Crippen molar-refractivity contribution in [2.45, 2.75) is 0 Å². The lowest BCUT2D eigenvalue weighted by atomic mass is 10.2. The number of amides is 1. The molecule has 0 aliphatic carbocycles. The van der Waals surface area contributed by atoms with Gasteiger partial charge in [-0.15, -0.1) is 0 Å². The zero-order valence-electron chi connectivity index (χ0n) is 14.2. The fraction of sp³-hybridized carbons (Fsp3) is 0. The van der Waals surface area contributed by atoms with Gasteiger partial charge in [0, 0.05) is 10.0 Å². The Hall–Kier alpha value is -2.16. The van der Waals surface area contributed by atoms with Crippen molar-refractivity contribution in [1.29, 1.82) is 0 Å². The second-order valence-electron chi connectivity index (χ2n) is 5.62. The van der Waals surface area contributed by atoms with Crippen LogP contribution in [0, 0.1) is 0 Å². The van der Waals surface area contributed by atoms with Gasteiger partial charge in [0.2, 0.25) is 0 Å². The summed E-state index contributed by atoms with van der Waals surface area (Å²) < 4.78 is 7.76. The number of carbonyl (C=O) groups is 1. The summed E-state index contributed by atoms with van der Waals surface area (Å²) in [6, 6.07) is 17.6. The van der Waals surface area contributed by atoms with Gasteiger partial charge in [-0.05, 0) is 92.0 Å². The van der Waals surface area contributed by atoms with Crippen LogP contribution >= 0.6 is 47.8 Å². The Morgan fingerprint density at radius 2 is 1.64 bits per heavy atom. The Morgan fingerprint density at radius 1 is 0.964 bits per heavy atom. The van der Waals surface area contributed by atoms with E-state index in [1.54, 1.807) is 36.4 Å². The van der Waals surface area contributed by atoms with Crippen molar-refractivity contribution < 1.29 is 14.6 Å². The molecule has 0 heterocycles. The first-order chi connectivity index (χ1) is 13.4. The minimum absolute atomic E-state index is 0.101. The van der Waals surface area contributed by atoms with Gasteiger partial charge in [-0.25, -0.2) is 5.43 Å². The molecule has 142 valence electrons. The van der Waals surface area contributed by atoms with E-state index in [0.29, 0.717) is 31.6 Å². The Kier molecular flexibility index (Phi) is 6.88. The lowest BCUT2D eigenvalue weighted by Crippen LogP contribution is -2.17. The number of hydrogen-bond acceptors (Lipinski definition) is 4. The summed E-state index contributed by atoms with van der Waals surface area (Å²) in [5.41, 5.74) is 3.59. The molecule has 1 amide bonds. The van der Waals surface area contributed by atoms with E-state index in [1.807, 2.05) is 24.3 Å². The number of halogens is 3. The molecule has 28 heavy (non-hydrogen) atoms. The van der Waals surface area contributed by atoms with Crippen molar-refractivity contribution in [3.05, 3.63) is 85.2 Å². The van der Waals surface area contributed by atoms with Crippen molar-refractivity contribution >= 4 is 59.9 Å². The average Bonchev–Trinajstić information content (AvgIpc) is 2.68. The lowest BCUT2D eigenvalue weighted by molar-refractivity contribution is 0.0955. The minimum Gasteiger partial charge on any atom is -0.506 e. The predicted octanol–water partition coefficient (Wildman–Crippen LogP) is 6.24. The first kappa shape index (κ1) is 20.6. The maximum Gasteiger partial charge on any atom is 0.271 e. The van der Waals surface area contributed by atoms with Gasteiger partial charge in [0.05, 0.1) is 15.2 Å². The molecule has 0 saturated heterocycles. The molecule has 3 aromatic carbocycles. The van der Waals surface area contributed by atoms with Crippen LogP contribution in [0.1, 0.15) is 15.9 Å². The van der Waals surface area contributed by atoms with Gasteiger partial charge in [-0.1, -0.05) is 22.0 Å². The molecular formula is C20H13Br3N2O3. The molecule has 2 N–H and O–H groups in total. The second-order valence-corrected chi connectivity index (χ2v) is 8.24. The normalized spacial score (nSPS) is 10.8. The third kappa shape index (κ3) is 5.43. The number of hydrazone groups is 1. The van der Waals surface area contributed by atoms with Crippen LogP contribution in [-0.2, 0) is 0 Å². The molecule has 0 aromatic heterocycles. The first-order valence-corrected chi connectivity index (χ1v) is 10.3. The zero-order chi connectivity index (χ0) is 20.1. The van der Waals surface area contributed by atoms with E-state index in [9.17, 15) is 9.90 Å². The number of rotatable bonds is 5. The molecule has 0 spiro atoms. The number of aromatic hydroxyl groups is 1. The summed E-state index contributed by atoms with van der Waals surface area (Å²) >= 11 is 9.87. The van der Waals surface area contributed by atoms with Gasteiger partial charge >= 0.3 is 0 Å². The highest BCUT2D eigenvalue weighted by atomic mass is 79.9. The Balaban J connectivity index is 1.66. The summed E-state index contributed by atoms with van der Waals surface area (Å²) in [4.78, 5) is 12.3. The standard InChI is InChI=1S/C20H13Br3N2O3/c21-14-4-6-15(7-5-14)28-16-3-1-2-13(10-16)20(27)25-24-11-12-8-17(22)19(26)18(23)9-12/h1-11,26H,(H,25,27). The molecule has 0 radical (unpaired) electrons. The van der Waals surface area contributed by atoms with Crippen molar-refractivity contribution in [3.63, 3.8) is 0 Å². The number of hydrogen-bond donors (Lipinski definition) is 2. The molecular weight excluding hydrogens is 556 g/mol. The minimum atomic E-state index is -0.366. The molecule has 3 aromatic rings. The van der Waals surface area contributed by atoms with Crippen LogP contribution in [0.4, 0.5) is 0 Å². The van der Waals surface area contributed by atoms with Gasteiger partial charge in [-0.3, -0.25) is 4.79 Å². The van der Waals surface area contributed by atoms with Gasteiger partial charge < -0.3 is 9.84 Å². The van der Waals surface area contributed by atoms with E-state index in [1.165, 1.54) is 6.21 Å². The molecule has 3 rings (SSSR count). The van der Waals surface area contributed by atoms with Crippen molar-refractivity contribution in [1.82, 2.24) is 5.43 Å². The highest BCUT2D eigenvalue weighted by Crippen LogP contribution is 2.32. The Morgan fingerprint density at radius 3 is 2.32 bits per heavy atom. The number of ether oxygens (including phenoxy) is 1. The lowest BCUT2D eigenvalue weighted by Gasteiger charge is -2.07. The molecule has 5 nitrogen and oxygen atoms in total. The fourth-order valence-electron chi connectivity index (χ4n) is 2.23. The number of nitrogens with zero attached hydrogens (tertiary/aromatic N) is 1. The van der Waals surface area contributed by atoms with Gasteiger partial charge in [0.15, 0.2) is 0 Å². The van der Waals surface area contributed by atoms with Crippen LogP contribution in [0.2, 0.25) is 0 Å². The van der Waals surface area contributed by atoms with E-state index in [2.05, 4.69) is 58.3 Å². The van der Waals surface area contributed by atoms with Crippen LogP contribution in [-0.4, -0.2) is 17.2 Å². The highest BCUT2D eigenvalue weighted by molar-refractivity contribution is 9.11. The molecule has 8 heteroatoms. The van der Waals surface area contributed by atoms with Crippen molar-refractivity contribution in [2.75, 3.05) is 0 Å². The maximum atomic E-state index is 12.3. The number of phenolic OH excluding ortho intramolecular Hbond substituents is 1. The highest BCUT2D eigenvalue weighted by Gasteiger charge is 2.07. The SMILES string of the molecule is O=C(NN=Cc1cc(Br)c(O)c(Br)c1)c1cccc(Oc2ccc(Br)cc2)c1. The molecule has 0 bridgehead atoms. The van der Waals surface area contributed by atoms with Gasteiger partial charge in [-0.2, -0.15) is 5.10 Å². The monoisotopic (exact) mass is 566 g/mol. The Labute approximate surface area is 186 Å². The molecule has 0 aliphatic heterocycles. The second kappa shape index (κ2) is 9.36. The van der Waals surface area contributed by atoms with E-state index >= 15 is 0 Å². The van der Waals surface area contributed by atoms with Crippen LogP contribution in [0.5, 0.6) is 17.2 Å². The molecule has 0 fully saturated rings. The topological polar surface area (TPSA) is 70.9 Å². The van der Waals surface area contributed by atoms with Crippen molar-refractivity contribution in [3.8, 4) is 17.2 Å². The third-order valence-corrected chi connectivity index (χ3v) is 5.30. The first-order valence-electron chi connectivity index (χ1n) is 7.97. The molecule has 0 saturated carbocycles. The number of nitrogens with one attached hydrogen (secondary N) is 1. The van der Waals surface area contributed by atoms with Crippen LogP contribution in [0.15, 0.2) is 79.2 Å².